The lowest BCUT2D eigenvalue weighted by molar-refractivity contribution is 0.0519. The second kappa shape index (κ2) is 4.82. The molecule has 1 rings (SSSR count). The first-order valence-corrected chi connectivity index (χ1v) is 6.22. The summed E-state index contributed by atoms with van der Waals surface area (Å²) < 4.78 is 5.20. The van der Waals surface area contributed by atoms with E-state index in [4.69, 9.17) is 9.88 Å². The van der Waals surface area contributed by atoms with Crippen LogP contribution in [-0.4, -0.2) is 23.3 Å². The number of ether oxygens (including phenoxy) is 1. The van der Waals surface area contributed by atoms with Gasteiger partial charge in [0.05, 0.1) is 6.61 Å². The minimum atomic E-state index is -0.944. The molecule has 82 valence electrons. The van der Waals surface area contributed by atoms with E-state index in [9.17, 15) is 9.59 Å². The molecule has 15 heavy (non-hydrogen) atoms. The van der Waals surface area contributed by atoms with Gasteiger partial charge in [-0.3, -0.25) is 4.79 Å². The van der Waals surface area contributed by atoms with Crippen molar-refractivity contribution in [2.75, 3.05) is 11.7 Å². The van der Waals surface area contributed by atoms with Gasteiger partial charge in [-0.2, -0.15) is 4.98 Å². The molecule has 1 aromatic heterocycles. The molecular formula is C8H10BrN2O3S+. The minimum absolute atomic E-state index is 0.0906. The van der Waals surface area contributed by atoms with Gasteiger partial charge in [-0.15, -0.1) is 5.14 Å². The molecule has 5 nitrogen and oxygen atoms in total. The monoisotopic (exact) mass is 293 g/mol. The van der Waals surface area contributed by atoms with Crippen LogP contribution in [0.4, 0.5) is 0 Å². The topological polar surface area (TPSA) is 82.3 Å². The Morgan fingerprint density at radius 1 is 1.60 bits per heavy atom. The van der Waals surface area contributed by atoms with Gasteiger partial charge in [0.15, 0.2) is 0 Å². The SMILES string of the molecule is CCOC(=O)c1nc(C(C)=O)[s+](N)c1Br. The first kappa shape index (κ1) is 12.3. The molecule has 0 saturated carbocycles. The molecule has 0 aromatic carbocycles. The van der Waals surface area contributed by atoms with Crippen LogP contribution >= 0.6 is 26.6 Å². The van der Waals surface area contributed by atoms with Gasteiger partial charge in [0.2, 0.25) is 11.5 Å². The van der Waals surface area contributed by atoms with Crippen LogP contribution in [0.15, 0.2) is 3.79 Å². The van der Waals surface area contributed by atoms with Crippen LogP contribution in [0.5, 0.6) is 0 Å². The number of nitrogens with two attached hydrogens (primary N) is 1. The zero-order valence-corrected chi connectivity index (χ0v) is 10.6. The molecular weight excluding hydrogens is 284 g/mol. The maximum atomic E-state index is 11.4. The summed E-state index contributed by atoms with van der Waals surface area (Å²) in [5.74, 6) is -0.805. The second-order valence-corrected chi connectivity index (χ2v) is 5.44. The standard InChI is InChI=1S/C8H10BrN2O3S/c1-3-14-8(13)5-6(9)15(10)7(11-5)4(2)12/h3,10H2,1-2H3/q+1. The summed E-state index contributed by atoms with van der Waals surface area (Å²) in [6.07, 6.45) is 0. The number of hydrogen-bond acceptors (Lipinski definition) is 5. The second-order valence-electron chi connectivity index (χ2n) is 2.65. The van der Waals surface area contributed by atoms with Crippen molar-refractivity contribution in [3.8, 4) is 0 Å². The van der Waals surface area contributed by atoms with E-state index in [-0.39, 0.29) is 23.1 Å². The molecule has 1 atom stereocenters. The van der Waals surface area contributed by atoms with Gasteiger partial charge < -0.3 is 4.74 Å². The highest BCUT2D eigenvalue weighted by molar-refractivity contribution is 9.11. The van der Waals surface area contributed by atoms with E-state index in [2.05, 4.69) is 20.9 Å². The highest BCUT2D eigenvalue weighted by Crippen LogP contribution is 2.32. The predicted octanol–water partition coefficient (Wildman–Crippen LogP) is 1.69. The quantitative estimate of drug-likeness (QED) is 0.521. The molecule has 2 N–H and O–H groups in total. The number of halogens is 1. The Kier molecular flexibility index (Phi) is 3.95. The van der Waals surface area contributed by atoms with Gasteiger partial charge in [0.1, 0.15) is 10.7 Å². The molecule has 0 bridgehead atoms. The minimum Gasteiger partial charge on any atom is -0.461 e. The number of nitrogen functional groups attached to an aromatic ring is 1. The van der Waals surface area contributed by atoms with Crippen molar-refractivity contribution in [2.45, 2.75) is 13.8 Å². The molecule has 1 heterocycles. The van der Waals surface area contributed by atoms with Crippen molar-refractivity contribution >= 4 is 38.3 Å². The highest BCUT2D eigenvalue weighted by Gasteiger charge is 2.32. The van der Waals surface area contributed by atoms with Crippen LogP contribution in [0.25, 0.3) is 0 Å². The molecule has 1 aromatic rings. The van der Waals surface area contributed by atoms with Gasteiger partial charge in [-0.1, -0.05) is 0 Å². The number of Topliss-reactive ketones (excluding diaryl/α,β-unsaturated/α-hetero) is 1. The largest absolute Gasteiger partial charge is 0.461 e. The number of aromatic nitrogens is 1. The first-order chi connectivity index (χ1) is 6.99. The molecule has 0 fully saturated rings. The number of esters is 1. The van der Waals surface area contributed by atoms with Crippen LogP contribution in [0.1, 0.15) is 34.1 Å². The van der Waals surface area contributed by atoms with Crippen molar-refractivity contribution in [1.82, 2.24) is 4.98 Å². The van der Waals surface area contributed by atoms with E-state index in [0.717, 1.165) is 0 Å². The number of hydrogen-bond donors (Lipinski definition) is 1. The van der Waals surface area contributed by atoms with E-state index in [0.29, 0.717) is 3.79 Å². The first-order valence-electron chi connectivity index (χ1n) is 4.14. The lowest BCUT2D eigenvalue weighted by atomic mass is 10.4. The van der Waals surface area contributed by atoms with Crippen LogP contribution in [0.2, 0.25) is 0 Å². The lowest BCUT2D eigenvalue weighted by Gasteiger charge is -1.94. The van der Waals surface area contributed by atoms with Crippen molar-refractivity contribution in [3.63, 3.8) is 0 Å². The molecule has 1 unspecified atom stereocenters. The maximum absolute atomic E-state index is 11.4. The van der Waals surface area contributed by atoms with E-state index in [1.165, 1.54) is 6.92 Å². The smallest absolute Gasteiger partial charge is 0.363 e. The summed E-state index contributed by atoms with van der Waals surface area (Å²) in [7, 11) is -0.944. The van der Waals surface area contributed by atoms with Gasteiger partial charge in [-0.25, -0.2) is 4.79 Å². The molecule has 0 amide bonds. The Balaban J connectivity index is 3.16. The van der Waals surface area contributed by atoms with Crippen LogP contribution in [0, 0.1) is 0 Å². The third-order valence-electron chi connectivity index (χ3n) is 1.57. The van der Waals surface area contributed by atoms with Crippen molar-refractivity contribution in [1.29, 1.82) is 0 Å². The lowest BCUT2D eigenvalue weighted by Crippen LogP contribution is -2.06. The predicted molar refractivity (Wildman–Crippen MR) is 60.5 cm³/mol. The average Bonchev–Trinajstić information content (AvgIpc) is 2.45. The summed E-state index contributed by atoms with van der Waals surface area (Å²) in [6.45, 7) is 3.31. The van der Waals surface area contributed by atoms with Crippen LogP contribution < -0.4 is 5.14 Å². The van der Waals surface area contributed by atoms with Gasteiger partial charge in [-0.05, 0) is 6.92 Å². The normalized spacial score (nSPS) is 11.3. The van der Waals surface area contributed by atoms with E-state index in [1.807, 2.05) is 0 Å². The van der Waals surface area contributed by atoms with E-state index < -0.39 is 16.6 Å². The van der Waals surface area contributed by atoms with Crippen molar-refractivity contribution in [3.05, 3.63) is 14.5 Å². The van der Waals surface area contributed by atoms with E-state index in [1.54, 1.807) is 6.92 Å². The summed E-state index contributed by atoms with van der Waals surface area (Å²) >= 11 is 3.15. The molecule has 0 saturated heterocycles. The van der Waals surface area contributed by atoms with Gasteiger partial charge in [0.25, 0.3) is 3.79 Å². The molecule has 7 heteroatoms. The molecule has 0 aliphatic carbocycles. The Labute approximate surface area is 97.9 Å². The number of carbonyl (C=O) groups excluding carboxylic acids is 2. The summed E-state index contributed by atoms with van der Waals surface area (Å²) in [6, 6.07) is 0. The van der Waals surface area contributed by atoms with Gasteiger partial charge >= 0.3 is 11.0 Å². The maximum Gasteiger partial charge on any atom is 0.363 e. The number of ketones is 1. The fraction of sp³-hybridized carbons (Fsp3) is 0.375. The van der Waals surface area contributed by atoms with E-state index >= 15 is 0 Å². The van der Waals surface area contributed by atoms with Crippen LogP contribution in [-0.2, 0) is 4.74 Å². The molecule has 0 radical (unpaired) electrons. The average molecular weight is 294 g/mol. The third-order valence-corrected chi connectivity index (χ3v) is 4.37. The number of carbonyl (C=O) groups is 2. The van der Waals surface area contributed by atoms with Crippen molar-refractivity contribution < 1.29 is 14.3 Å². The summed E-state index contributed by atoms with van der Waals surface area (Å²) in [4.78, 5) is 26.4. The molecule has 0 spiro atoms. The number of thiazole rings is 1. The third kappa shape index (κ3) is 2.42. The van der Waals surface area contributed by atoms with Crippen LogP contribution in [0.3, 0.4) is 0 Å². The summed E-state index contributed by atoms with van der Waals surface area (Å²) in [5.41, 5.74) is 0.0906. The Hall–Kier alpha value is -0.790. The zero-order valence-electron chi connectivity index (χ0n) is 8.24. The Morgan fingerprint density at radius 3 is 2.60 bits per heavy atom. The summed E-state index contributed by atoms with van der Waals surface area (Å²) in [5, 5.41) is 5.91. The molecule has 0 aliphatic heterocycles. The fourth-order valence-corrected chi connectivity index (χ4v) is 2.66. The Morgan fingerprint density at radius 2 is 2.20 bits per heavy atom. The highest BCUT2D eigenvalue weighted by atomic mass is 79.9. The fourth-order valence-electron chi connectivity index (χ4n) is 0.943. The zero-order chi connectivity index (χ0) is 11.6. The van der Waals surface area contributed by atoms with Crippen molar-refractivity contribution in [2.24, 2.45) is 0 Å². The number of nitrogens with zero attached hydrogens (tertiary/aromatic N) is 1. The van der Waals surface area contributed by atoms with Gasteiger partial charge in [0, 0.05) is 22.9 Å². The molecule has 0 aliphatic rings. The Bertz CT molecular complexity index is 416. The number of rotatable bonds is 3.